The minimum Gasteiger partial charge on any atom is -0.485 e. The summed E-state index contributed by atoms with van der Waals surface area (Å²) < 4.78 is 21.9. The molecule has 6 heteroatoms. The zero-order valence-corrected chi connectivity index (χ0v) is 14.1. The molecule has 2 aromatic carbocycles. The van der Waals surface area contributed by atoms with Crippen molar-refractivity contribution in [1.82, 2.24) is 0 Å². The van der Waals surface area contributed by atoms with Gasteiger partial charge in [-0.05, 0) is 30.0 Å². The Bertz CT molecular complexity index is 694. The lowest BCUT2D eigenvalue weighted by molar-refractivity contribution is 0.261. The average molecular weight is 336 g/mol. The maximum absolute atomic E-state index is 11.2. The highest BCUT2D eigenvalue weighted by Gasteiger charge is 2.22. The second-order valence-electron chi connectivity index (χ2n) is 5.09. The Balaban J connectivity index is 2.37. The van der Waals surface area contributed by atoms with Crippen LogP contribution in [0, 0.1) is 0 Å². The third-order valence-electron chi connectivity index (χ3n) is 3.50. The molecule has 0 amide bonds. The molecule has 0 aromatic heterocycles. The van der Waals surface area contributed by atoms with Gasteiger partial charge in [0.1, 0.15) is 6.61 Å². The minimum atomic E-state index is -4.64. The molecular weight excluding hydrogens is 315 g/mol. The van der Waals surface area contributed by atoms with Crippen molar-refractivity contribution in [3.63, 3.8) is 0 Å². The van der Waals surface area contributed by atoms with Crippen LogP contribution >= 0.6 is 7.82 Å². The summed E-state index contributed by atoms with van der Waals surface area (Å²) in [7, 11) is -4.64. The third-order valence-corrected chi connectivity index (χ3v) is 3.93. The predicted molar refractivity (Wildman–Crippen MR) is 88.6 cm³/mol. The SMILES string of the molecule is CCc1ccc(OP(=O)(O)O)c(OCc2ccccc2)c1CC. The lowest BCUT2D eigenvalue weighted by Crippen LogP contribution is -2.04. The van der Waals surface area contributed by atoms with Crippen molar-refractivity contribution in [1.29, 1.82) is 0 Å². The van der Waals surface area contributed by atoms with Gasteiger partial charge in [0.15, 0.2) is 11.5 Å². The van der Waals surface area contributed by atoms with Gasteiger partial charge in [-0.25, -0.2) is 4.57 Å². The van der Waals surface area contributed by atoms with Gasteiger partial charge in [0.2, 0.25) is 0 Å². The van der Waals surface area contributed by atoms with Crippen molar-refractivity contribution >= 4 is 7.82 Å². The molecule has 2 aromatic rings. The molecule has 0 spiro atoms. The van der Waals surface area contributed by atoms with E-state index in [1.54, 1.807) is 6.07 Å². The Labute approximate surface area is 136 Å². The Morgan fingerprint density at radius 2 is 1.70 bits per heavy atom. The van der Waals surface area contributed by atoms with Crippen molar-refractivity contribution in [3.8, 4) is 11.5 Å². The molecule has 0 aliphatic carbocycles. The Kier molecular flexibility index (Phi) is 5.83. The molecular formula is C17H21O5P. The fourth-order valence-electron chi connectivity index (χ4n) is 2.45. The topological polar surface area (TPSA) is 76.0 Å². The van der Waals surface area contributed by atoms with Gasteiger partial charge in [0, 0.05) is 5.56 Å². The molecule has 0 aliphatic heterocycles. The number of aryl methyl sites for hydroxylation is 1. The Morgan fingerprint density at radius 3 is 2.26 bits per heavy atom. The van der Waals surface area contributed by atoms with E-state index in [1.807, 2.05) is 50.2 Å². The number of rotatable bonds is 7. The van der Waals surface area contributed by atoms with Gasteiger partial charge in [-0.15, -0.1) is 0 Å². The summed E-state index contributed by atoms with van der Waals surface area (Å²) in [5.74, 6) is 0.474. The van der Waals surface area contributed by atoms with Crippen LogP contribution in [-0.2, 0) is 24.0 Å². The summed E-state index contributed by atoms with van der Waals surface area (Å²) >= 11 is 0. The number of ether oxygens (including phenoxy) is 1. The van der Waals surface area contributed by atoms with Gasteiger partial charge in [-0.1, -0.05) is 50.2 Å². The van der Waals surface area contributed by atoms with Gasteiger partial charge < -0.3 is 9.26 Å². The molecule has 0 bridgehead atoms. The largest absolute Gasteiger partial charge is 0.524 e. The molecule has 2 N–H and O–H groups in total. The molecule has 124 valence electrons. The van der Waals surface area contributed by atoms with E-state index >= 15 is 0 Å². The maximum atomic E-state index is 11.2. The minimum absolute atomic E-state index is 0.0725. The predicted octanol–water partition coefficient (Wildman–Crippen LogP) is 3.86. The highest BCUT2D eigenvalue weighted by Crippen LogP contribution is 2.44. The monoisotopic (exact) mass is 336 g/mol. The average Bonchev–Trinajstić information content (AvgIpc) is 2.52. The molecule has 0 fully saturated rings. The van der Waals surface area contributed by atoms with Gasteiger partial charge in [0.05, 0.1) is 0 Å². The summed E-state index contributed by atoms with van der Waals surface area (Å²) in [6.07, 6.45) is 1.49. The van der Waals surface area contributed by atoms with Crippen LogP contribution in [0.4, 0.5) is 0 Å². The van der Waals surface area contributed by atoms with Gasteiger partial charge >= 0.3 is 7.82 Å². The van der Waals surface area contributed by atoms with Crippen LogP contribution in [0.25, 0.3) is 0 Å². The van der Waals surface area contributed by atoms with Gasteiger partial charge in [0.25, 0.3) is 0 Å². The quantitative estimate of drug-likeness (QED) is 0.751. The molecule has 2 rings (SSSR count). The van der Waals surface area contributed by atoms with E-state index in [0.717, 1.165) is 23.1 Å². The van der Waals surface area contributed by atoms with Gasteiger partial charge in [-0.2, -0.15) is 0 Å². The number of phosphoric ester groups is 1. The first-order valence-electron chi connectivity index (χ1n) is 7.51. The van der Waals surface area contributed by atoms with E-state index < -0.39 is 7.82 Å². The van der Waals surface area contributed by atoms with Crippen LogP contribution in [0.2, 0.25) is 0 Å². The van der Waals surface area contributed by atoms with Crippen molar-refractivity contribution in [3.05, 3.63) is 59.2 Å². The fourth-order valence-corrected chi connectivity index (χ4v) is 2.85. The molecule has 0 heterocycles. The molecule has 0 atom stereocenters. The maximum Gasteiger partial charge on any atom is 0.524 e. The smallest absolute Gasteiger partial charge is 0.485 e. The normalized spacial score (nSPS) is 11.3. The number of hydrogen-bond acceptors (Lipinski definition) is 3. The van der Waals surface area contributed by atoms with E-state index in [9.17, 15) is 4.57 Å². The van der Waals surface area contributed by atoms with Crippen LogP contribution < -0.4 is 9.26 Å². The zero-order valence-electron chi connectivity index (χ0n) is 13.2. The van der Waals surface area contributed by atoms with Crippen LogP contribution in [-0.4, -0.2) is 9.79 Å². The number of hydrogen-bond donors (Lipinski definition) is 2. The first-order valence-corrected chi connectivity index (χ1v) is 9.04. The van der Waals surface area contributed by atoms with E-state index in [2.05, 4.69) is 0 Å². The zero-order chi connectivity index (χ0) is 16.9. The second-order valence-corrected chi connectivity index (χ2v) is 6.26. The second kappa shape index (κ2) is 7.64. The standard InChI is InChI=1S/C17H21O5P/c1-3-14-10-11-16(22-23(18,19)20)17(15(14)4-2)21-12-13-8-6-5-7-9-13/h5-11H,3-4,12H2,1-2H3,(H2,18,19,20). The lowest BCUT2D eigenvalue weighted by atomic mass is 10.0. The fraction of sp³-hybridized carbons (Fsp3) is 0.294. The highest BCUT2D eigenvalue weighted by molar-refractivity contribution is 7.46. The van der Waals surface area contributed by atoms with Crippen molar-refractivity contribution in [2.75, 3.05) is 0 Å². The molecule has 23 heavy (non-hydrogen) atoms. The summed E-state index contributed by atoms with van der Waals surface area (Å²) in [6, 6.07) is 13.0. The van der Waals surface area contributed by atoms with Crippen molar-refractivity contribution < 1.29 is 23.6 Å². The lowest BCUT2D eigenvalue weighted by Gasteiger charge is -2.18. The highest BCUT2D eigenvalue weighted by atomic mass is 31.2. The van der Waals surface area contributed by atoms with Crippen molar-refractivity contribution in [2.24, 2.45) is 0 Å². The Morgan fingerprint density at radius 1 is 1.00 bits per heavy atom. The van der Waals surface area contributed by atoms with E-state index in [0.29, 0.717) is 18.8 Å². The molecule has 0 unspecified atom stereocenters. The molecule has 0 radical (unpaired) electrons. The van der Waals surface area contributed by atoms with E-state index in [1.165, 1.54) is 0 Å². The number of benzene rings is 2. The van der Waals surface area contributed by atoms with E-state index in [-0.39, 0.29) is 5.75 Å². The van der Waals surface area contributed by atoms with Gasteiger partial charge in [-0.3, -0.25) is 9.79 Å². The number of phosphoric acid groups is 1. The summed E-state index contributed by atoms with van der Waals surface area (Å²) in [5.41, 5.74) is 2.96. The van der Waals surface area contributed by atoms with Crippen LogP contribution in [0.1, 0.15) is 30.5 Å². The first-order chi connectivity index (χ1) is 10.9. The van der Waals surface area contributed by atoms with Crippen LogP contribution in [0.5, 0.6) is 11.5 Å². The van der Waals surface area contributed by atoms with E-state index in [4.69, 9.17) is 19.0 Å². The summed E-state index contributed by atoms with van der Waals surface area (Å²) in [5, 5.41) is 0. The third kappa shape index (κ3) is 4.83. The van der Waals surface area contributed by atoms with Crippen LogP contribution in [0.3, 0.4) is 0 Å². The van der Waals surface area contributed by atoms with Crippen LogP contribution in [0.15, 0.2) is 42.5 Å². The Hall–Kier alpha value is -1.81. The molecule has 0 aliphatic rings. The molecule has 5 nitrogen and oxygen atoms in total. The molecule has 0 saturated heterocycles. The summed E-state index contributed by atoms with van der Waals surface area (Å²) in [4.78, 5) is 18.2. The molecule has 0 saturated carbocycles. The summed E-state index contributed by atoms with van der Waals surface area (Å²) in [6.45, 7) is 4.31. The first kappa shape index (κ1) is 17.5. The van der Waals surface area contributed by atoms with Crippen molar-refractivity contribution in [2.45, 2.75) is 33.3 Å².